The van der Waals surface area contributed by atoms with Crippen molar-refractivity contribution in [1.29, 1.82) is 5.26 Å². The number of nitrogens with one attached hydrogen (secondary N) is 2. The van der Waals surface area contributed by atoms with E-state index in [1.54, 1.807) is 18.2 Å². The van der Waals surface area contributed by atoms with Crippen LogP contribution in [0.4, 0.5) is 10.1 Å². The number of halogens is 2. The molecular formula is C20H21BrFN3O3. The van der Waals surface area contributed by atoms with Crippen LogP contribution in [-0.4, -0.2) is 32.7 Å². The normalized spacial score (nSPS) is 10.1. The maximum absolute atomic E-state index is 13.6. The summed E-state index contributed by atoms with van der Waals surface area (Å²) in [5, 5.41) is 14.7. The van der Waals surface area contributed by atoms with Crippen LogP contribution in [0.1, 0.15) is 29.3 Å². The number of benzene rings is 2. The molecule has 8 heteroatoms. The third-order valence-electron chi connectivity index (χ3n) is 3.79. The fourth-order valence-electron chi connectivity index (χ4n) is 2.46. The number of carbonyl (C=O) groups excluding carboxylic acids is 1. The van der Waals surface area contributed by atoms with Gasteiger partial charge < -0.3 is 20.1 Å². The second kappa shape index (κ2) is 10.5. The van der Waals surface area contributed by atoms with Crippen LogP contribution in [0.3, 0.4) is 0 Å². The van der Waals surface area contributed by atoms with E-state index >= 15 is 0 Å². The van der Waals surface area contributed by atoms with E-state index in [9.17, 15) is 9.18 Å². The Bertz CT molecular complexity index is 884. The number of ether oxygens (including phenoxy) is 2. The highest BCUT2D eigenvalue weighted by Crippen LogP contribution is 2.36. The number of rotatable bonds is 9. The van der Waals surface area contributed by atoms with Crippen LogP contribution in [0, 0.1) is 17.1 Å². The van der Waals surface area contributed by atoms with Crippen molar-refractivity contribution in [3.05, 3.63) is 51.7 Å². The summed E-state index contributed by atoms with van der Waals surface area (Å²) in [7, 11) is 1.51. The van der Waals surface area contributed by atoms with Gasteiger partial charge in [-0.25, -0.2) is 4.39 Å². The van der Waals surface area contributed by atoms with Gasteiger partial charge in [0.15, 0.2) is 11.5 Å². The molecule has 6 nitrogen and oxygen atoms in total. The number of hydrogen-bond acceptors (Lipinski definition) is 5. The zero-order valence-corrected chi connectivity index (χ0v) is 17.2. The Morgan fingerprint density at radius 2 is 2.11 bits per heavy atom. The van der Waals surface area contributed by atoms with Crippen molar-refractivity contribution in [3.8, 4) is 17.6 Å². The molecule has 0 atom stereocenters. The van der Waals surface area contributed by atoms with E-state index in [0.29, 0.717) is 40.4 Å². The van der Waals surface area contributed by atoms with Crippen molar-refractivity contribution in [1.82, 2.24) is 5.32 Å². The number of nitrogens with zero attached hydrogens (tertiary/aromatic N) is 1. The van der Waals surface area contributed by atoms with E-state index < -0.39 is 5.82 Å². The van der Waals surface area contributed by atoms with Gasteiger partial charge in [-0.2, -0.15) is 5.26 Å². The number of anilines is 1. The smallest absolute Gasteiger partial charge is 0.251 e. The molecule has 0 unspecified atom stereocenters. The predicted molar refractivity (Wildman–Crippen MR) is 108 cm³/mol. The third kappa shape index (κ3) is 5.36. The molecule has 0 spiro atoms. The number of hydrogen-bond donors (Lipinski definition) is 2. The second-order valence-corrected chi connectivity index (χ2v) is 6.65. The van der Waals surface area contributed by atoms with Gasteiger partial charge in [-0.1, -0.05) is 13.0 Å². The minimum absolute atomic E-state index is 0.0508. The van der Waals surface area contributed by atoms with Crippen molar-refractivity contribution in [3.63, 3.8) is 0 Å². The lowest BCUT2D eigenvalue weighted by Crippen LogP contribution is -2.29. The molecule has 0 bridgehead atoms. The van der Waals surface area contributed by atoms with Gasteiger partial charge in [0.25, 0.3) is 5.91 Å². The Morgan fingerprint density at radius 3 is 2.79 bits per heavy atom. The molecule has 0 aromatic heterocycles. The van der Waals surface area contributed by atoms with Gasteiger partial charge in [0.2, 0.25) is 0 Å². The molecule has 2 aromatic carbocycles. The van der Waals surface area contributed by atoms with Gasteiger partial charge in [-0.15, -0.1) is 0 Å². The van der Waals surface area contributed by atoms with Gasteiger partial charge in [0.05, 0.1) is 23.9 Å². The lowest BCUT2D eigenvalue weighted by molar-refractivity contribution is 0.0954. The average molecular weight is 450 g/mol. The molecule has 1 amide bonds. The van der Waals surface area contributed by atoms with E-state index in [0.717, 1.165) is 6.42 Å². The molecule has 148 valence electrons. The standard InChI is InChI=1S/C20H21BrFN3O3/c1-3-9-28-19-15(21)10-13(11-18(19)27-2)20(26)25-8-7-24-17-6-4-5-16(22)14(17)12-23/h4-6,10-11,24H,3,7-9H2,1-2H3,(H,25,26). The van der Waals surface area contributed by atoms with Crippen LogP contribution < -0.4 is 20.1 Å². The van der Waals surface area contributed by atoms with Crippen molar-refractivity contribution in [2.45, 2.75) is 13.3 Å². The highest BCUT2D eigenvalue weighted by Gasteiger charge is 2.15. The molecule has 0 heterocycles. The molecule has 0 saturated carbocycles. The lowest BCUT2D eigenvalue weighted by Gasteiger charge is -2.14. The van der Waals surface area contributed by atoms with Crippen molar-refractivity contribution in [2.75, 3.05) is 32.1 Å². The molecule has 2 rings (SSSR count). The summed E-state index contributed by atoms with van der Waals surface area (Å²) < 4.78 is 25.2. The first-order chi connectivity index (χ1) is 13.5. The van der Waals surface area contributed by atoms with E-state index in [1.165, 1.54) is 19.2 Å². The molecule has 28 heavy (non-hydrogen) atoms. The van der Waals surface area contributed by atoms with Gasteiger partial charge in [0.1, 0.15) is 17.4 Å². The predicted octanol–water partition coefficient (Wildman–Crippen LogP) is 4.10. The van der Waals surface area contributed by atoms with Gasteiger partial charge in [0, 0.05) is 18.7 Å². The number of methoxy groups -OCH3 is 1. The zero-order valence-electron chi connectivity index (χ0n) is 15.6. The van der Waals surface area contributed by atoms with Crippen LogP contribution in [0.2, 0.25) is 0 Å². The van der Waals surface area contributed by atoms with E-state index in [2.05, 4.69) is 26.6 Å². The van der Waals surface area contributed by atoms with Crippen molar-refractivity contribution in [2.24, 2.45) is 0 Å². The summed E-state index contributed by atoms with van der Waals surface area (Å²) in [4.78, 5) is 12.4. The second-order valence-electron chi connectivity index (χ2n) is 5.79. The Labute approximate surface area is 171 Å². The number of carbonyl (C=O) groups is 1. The Hall–Kier alpha value is -2.79. The number of nitriles is 1. The Kier molecular flexibility index (Phi) is 8.08. The summed E-state index contributed by atoms with van der Waals surface area (Å²) in [6, 6.07) is 9.45. The first kappa shape index (κ1) is 21.5. The van der Waals surface area contributed by atoms with E-state index in [-0.39, 0.29) is 18.0 Å². The first-order valence-corrected chi connectivity index (χ1v) is 9.52. The van der Waals surface area contributed by atoms with Gasteiger partial charge in [-0.3, -0.25) is 4.79 Å². The van der Waals surface area contributed by atoms with Gasteiger partial charge >= 0.3 is 0 Å². The highest BCUT2D eigenvalue weighted by molar-refractivity contribution is 9.10. The van der Waals surface area contributed by atoms with Crippen molar-refractivity contribution >= 4 is 27.5 Å². The molecular weight excluding hydrogens is 429 g/mol. The van der Waals surface area contributed by atoms with Crippen LogP contribution in [0.15, 0.2) is 34.8 Å². The Balaban J connectivity index is 1.97. The fraction of sp³-hybridized carbons (Fsp3) is 0.300. The Morgan fingerprint density at radius 1 is 1.32 bits per heavy atom. The summed E-state index contributed by atoms with van der Waals surface area (Å²) in [6.07, 6.45) is 0.851. The van der Waals surface area contributed by atoms with Crippen LogP contribution in [-0.2, 0) is 0 Å². The minimum atomic E-state index is -0.584. The van der Waals surface area contributed by atoms with Crippen LogP contribution >= 0.6 is 15.9 Å². The van der Waals surface area contributed by atoms with Crippen molar-refractivity contribution < 1.29 is 18.7 Å². The molecule has 2 aromatic rings. The quantitative estimate of drug-likeness (QED) is 0.563. The zero-order chi connectivity index (χ0) is 20.5. The summed E-state index contributed by atoms with van der Waals surface area (Å²) in [6.45, 7) is 3.16. The topological polar surface area (TPSA) is 83.4 Å². The summed E-state index contributed by atoms with van der Waals surface area (Å²) in [5.41, 5.74) is 0.750. The van der Waals surface area contributed by atoms with E-state index in [4.69, 9.17) is 14.7 Å². The SMILES string of the molecule is CCCOc1c(Br)cc(C(=O)NCCNc2cccc(F)c2C#N)cc1OC. The highest BCUT2D eigenvalue weighted by atomic mass is 79.9. The molecule has 2 N–H and O–H groups in total. The largest absolute Gasteiger partial charge is 0.493 e. The molecule has 0 saturated heterocycles. The summed E-state index contributed by atoms with van der Waals surface area (Å²) >= 11 is 3.41. The van der Waals surface area contributed by atoms with Crippen LogP contribution in [0.25, 0.3) is 0 Å². The maximum atomic E-state index is 13.6. The average Bonchev–Trinajstić information content (AvgIpc) is 2.69. The molecule has 0 radical (unpaired) electrons. The molecule has 0 aliphatic carbocycles. The first-order valence-electron chi connectivity index (χ1n) is 8.72. The van der Waals surface area contributed by atoms with Gasteiger partial charge in [-0.05, 0) is 46.6 Å². The van der Waals surface area contributed by atoms with E-state index in [1.807, 2.05) is 13.0 Å². The monoisotopic (exact) mass is 449 g/mol. The minimum Gasteiger partial charge on any atom is -0.493 e. The van der Waals surface area contributed by atoms with Crippen LogP contribution in [0.5, 0.6) is 11.5 Å². The third-order valence-corrected chi connectivity index (χ3v) is 4.38. The molecule has 0 aliphatic heterocycles. The molecule has 0 fully saturated rings. The number of amides is 1. The maximum Gasteiger partial charge on any atom is 0.251 e. The fourth-order valence-corrected chi connectivity index (χ4v) is 3.01. The lowest BCUT2D eigenvalue weighted by atomic mass is 10.2. The summed E-state index contributed by atoms with van der Waals surface area (Å²) in [5.74, 6) is 0.142. The molecule has 0 aliphatic rings.